The van der Waals surface area contributed by atoms with E-state index in [2.05, 4.69) is 49.1 Å². The molecule has 1 fully saturated rings. The lowest BCUT2D eigenvalue weighted by Gasteiger charge is -2.31. The molecule has 2 aromatic carbocycles. The van der Waals surface area contributed by atoms with Crippen LogP contribution in [0, 0.1) is 0 Å². The number of hydrogen-bond donors (Lipinski definition) is 3. The zero-order valence-electron chi connectivity index (χ0n) is 13.9. The van der Waals surface area contributed by atoms with Gasteiger partial charge in [0.2, 0.25) is 0 Å². The Morgan fingerprint density at radius 1 is 1.16 bits per heavy atom. The van der Waals surface area contributed by atoms with Gasteiger partial charge in [-0.15, -0.1) is 0 Å². The standard InChI is InChI=1S/C18H19Br2N3O2/c1-22-6-8-23(9-7-22)14-4-2-13(3-5-14)21-18(25)15-10-12(19)11-16(20)17(15)24/h2-5,10-11,24H,6-9H2,1H3,(H,21,25)/p+1. The molecule has 0 bridgehead atoms. The summed E-state index contributed by atoms with van der Waals surface area (Å²) in [4.78, 5) is 16.3. The van der Waals surface area contributed by atoms with Crippen molar-refractivity contribution in [3.8, 4) is 5.75 Å². The number of phenolic OH excluding ortho intramolecular Hbond substituents is 1. The van der Waals surface area contributed by atoms with Crippen molar-refractivity contribution >= 4 is 49.1 Å². The molecule has 1 aliphatic rings. The van der Waals surface area contributed by atoms with Crippen LogP contribution < -0.4 is 15.1 Å². The summed E-state index contributed by atoms with van der Waals surface area (Å²) in [5.74, 6) is -0.423. The zero-order chi connectivity index (χ0) is 18.0. The number of phenols is 1. The number of nitrogens with zero attached hydrogens (tertiary/aromatic N) is 1. The van der Waals surface area contributed by atoms with Crippen molar-refractivity contribution in [2.45, 2.75) is 0 Å². The Labute approximate surface area is 163 Å². The topological polar surface area (TPSA) is 57.0 Å². The van der Waals surface area contributed by atoms with E-state index in [1.807, 2.05) is 24.3 Å². The highest BCUT2D eigenvalue weighted by molar-refractivity contribution is 9.11. The SMILES string of the molecule is C[NH+]1CCN(c2ccc(NC(=O)c3cc(Br)cc(Br)c3O)cc2)CC1. The average molecular weight is 470 g/mol. The summed E-state index contributed by atoms with van der Waals surface area (Å²) in [6.07, 6.45) is 0. The highest BCUT2D eigenvalue weighted by Crippen LogP contribution is 2.32. The van der Waals surface area contributed by atoms with Crippen LogP contribution in [0.25, 0.3) is 0 Å². The molecule has 3 rings (SSSR count). The molecule has 5 nitrogen and oxygen atoms in total. The molecule has 0 aliphatic carbocycles. The number of hydrogen-bond acceptors (Lipinski definition) is 3. The minimum atomic E-state index is -0.351. The molecule has 1 saturated heterocycles. The van der Waals surface area contributed by atoms with E-state index in [9.17, 15) is 9.90 Å². The molecule has 25 heavy (non-hydrogen) atoms. The number of quaternary nitrogens is 1. The molecule has 1 amide bonds. The Bertz CT molecular complexity index is 773. The maximum Gasteiger partial charge on any atom is 0.259 e. The van der Waals surface area contributed by atoms with E-state index < -0.39 is 0 Å². The van der Waals surface area contributed by atoms with E-state index in [0.717, 1.165) is 30.7 Å². The number of likely N-dealkylation sites (N-methyl/N-ethyl adjacent to an activating group) is 1. The number of halogens is 2. The molecule has 0 radical (unpaired) electrons. The number of nitrogens with one attached hydrogen (secondary N) is 2. The van der Waals surface area contributed by atoms with Gasteiger partial charge in [0.05, 0.1) is 43.3 Å². The van der Waals surface area contributed by atoms with Gasteiger partial charge in [0, 0.05) is 15.8 Å². The second-order valence-corrected chi connectivity index (χ2v) is 8.00. The molecule has 7 heteroatoms. The van der Waals surface area contributed by atoms with Crippen LogP contribution in [0.1, 0.15) is 10.4 Å². The Morgan fingerprint density at radius 3 is 2.44 bits per heavy atom. The van der Waals surface area contributed by atoms with Gasteiger partial charge in [-0.3, -0.25) is 4.79 Å². The number of rotatable bonds is 3. The van der Waals surface area contributed by atoms with Crippen molar-refractivity contribution in [3.63, 3.8) is 0 Å². The van der Waals surface area contributed by atoms with Gasteiger partial charge in [-0.05, 0) is 52.3 Å². The largest absolute Gasteiger partial charge is 0.506 e. The third-order valence-corrected chi connectivity index (χ3v) is 5.44. The molecule has 2 aromatic rings. The van der Waals surface area contributed by atoms with Crippen LogP contribution in [0.5, 0.6) is 5.75 Å². The van der Waals surface area contributed by atoms with Gasteiger partial charge in [-0.25, -0.2) is 0 Å². The number of amides is 1. The maximum absolute atomic E-state index is 12.4. The third kappa shape index (κ3) is 4.34. The van der Waals surface area contributed by atoms with Crippen LogP contribution in [0.15, 0.2) is 45.3 Å². The molecular weight excluding hydrogens is 450 g/mol. The first-order valence-corrected chi connectivity index (χ1v) is 9.68. The molecule has 0 saturated carbocycles. The molecule has 1 heterocycles. The maximum atomic E-state index is 12.4. The lowest BCUT2D eigenvalue weighted by atomic mass is 10.1. The minimum Gasteiger partial charge on any atom is -0.506 e. The lowest BCUT2D eigenvalue weighted by molar-refractivity contribution is -0.880. The fourth-order valence-electron chi connectivity index (χ4n) is 2.84. The van der Waals surface area contributed by atoms with Crippen molar-refractivity contribution in [3.05, 3.63) is 50.9 Å². The summed E-state index contributed by atoms with van der Waals surface area (Å²) >= 11 is 6.57. The fourth-order valence-corrected chi connectivity index (χ4v) is 4.06. The summed E-state index contributed by atoms with van der Waals surface area (Å²) < 4.78 is 1.19. The predicted octanol–water partition coefficient (Wildman–Crippen LogP) is 2.50. The van der Waals surface area contributed by atoms with Crippen LogP contribution >= 0.6 is 31.9 Å². The number of anilines is 2. The van der Waals surface area contributed by atoms with Crippen LogP contribution in [-0.4, -0.2) is 44.2 Å². The predicted molar refractivity (Wildman–Crippen MR) is 107 cm³/mol. The molecule has 0 aromatic heterocycles. The number of piperazine rings is 1. The first-order valence-electron chi connectivity index (χ1n) is 8.09. The minimum absolute atomic E-state index is 0.0720. The second kappa shape index (κ2) is 7.76. The zero-order valence-corrected chi connectivity index (χ0v) is 17.0. The van der Waals surface area contributed by atoms with E-state index in [-0.39, 0.29) is 17.2 Å². The Morgan fingerprint density at radius 2 is 1.80 bits per heavy atom. The second-order valence-electron chi connectivity index (χ2n) is 6.23. The molecule has 0 atom stereocenters. The van der Waals surface area contributed by atoms with E-state index in [1.165, 1.54) is 5.69 Å². The summed E-state index contributed by atoms with van der Waals surface area (Å²) in [6, 6.07) is 11.1. The number of carbonyl (C=O) groups is 1. The van der Waals surface area contributed by atoms with Crippen LogP contribution in [-0.2, 0) is 0 Å². The number of aromatic hydroxyl groups is 1. The van der Waals surface area contributed by atoms with E-state index >= 15 is 0 Å². The number of carbonyl (C=O) groups excluding carboxylic acids is 1. The summed E-state index contributed by atoms with van der Waals surface area (Å²) in [5, 5.41) is 12.9. The van der Waals surface area contributed by atoms with Crippen LogP contribution in [0.4, 0.5) is 11.4 Å². The van der Waals surface area contributed by atoms with Gasteiger partial charge in [0.1, 0.15) is 5.75 Å². The normalized spacial score (nSPS) is 15.2. The van der Waals surface area contributed by atoms with Crippen molar-refractivity contribution in [1.29, 1.82) is 0 Å². The molecular formula is C18H20Br2N3O2+. The van der Waals surface area contributed by atoms with Gasteiger partial charge in [0.25, 0.3) is 5.91 Å². The van der Waals surface area contributed by atoms with Crippen LogP contribution in [0.2, 0.25) is 0 Å². The number of benzene rings is 2. The van der Waals surface area contributed by atoms with Crippen LogP contribution in [0.3, 0.4) is 0 Å². The monoisotopic (exact) mass is 468 g/mol. The van der Waals surface area contributed by atoms with E-state index in [1.54, 1.807) is 17.0 Å². The highest BCUT2D eigenvalue weighted by atomic mass is 79.9. The summed E-state index contributed by atoms with van der Waals surface area (Å²) in [5.41, 5.74) is 2.08. The van der Waals surface area contributed by atoms with Crippen molar-refractivity contribution < 1.29 is 14.8 Å². The molecule has 3 N–H and O–H groups in total. The van der Waals surface area contributed by atoms with Crippen molar-refractivity contribution in [2.24, 2.45) is 0 Å². The fraction of sp³-hybridized carbons (Fsp3) is 0.278. The highest BCUT2D eigenvalue weighted by Gasteiger charge is 2.18. The lowest BCUT2D eigenvalue weighted by Crippen LogP contribution is -3.12. The van der Waals surface area contributed by atoms with Crippen molar-refractivity contribution in [2.75, 3.05) is 43.4 Å². The third-order valence-electron chi connectivity index (χ3n) is 4.38. The van der Waals surface area contributed by atoms with E-state index in [4.69, 9.17) is 0 Å². The van der Waals surface area contributed by atoms with Gasteiger partial charge in [-0.1, -0.05) is 15.9 Å². The van der Waals surface area contributed by atoms with Crippen molar-refractivity contribution in [1.82, 2.24) is 0 Å². The molecule has 0 spiro atoms. The van der Waals surface area contributed by atoms with Gasteiger partial charge >= 0.3 is 0 Å². The Hall–Kier alpha value is -1.57. The molecule has 132 valence electrons. The first-order chi connectivity index (χ1) is 11.9. The smallest absolute Gasteiger partial charge is 0.259 e. The van der Waals surface area contributed by atoms with Gasteiger partial charge < -0.3 is 20.2 Å². The molecule has 1 aliphatic heterocycles. The molecule has 0 unspecified atom stereocenters. The Balaban J connectivity index is 1.70. The first kappa shape index (κ1) is 18.2. The summed E-state index contributed by atoms with van der Waals surface area (Å²) in [7, 11) is 2.21. The van der Waals surface area contributed by atoms with E-state index in [0.29, 0.717) is 10.2 Å². The summed E-state index contributed by atoms with van der Waals surface area (Å²) in [6.45, 7) is 4.35. The average Bonchev–Trinajstić information content (AvgIpc) is 2.59. The Kier molecular flexibility index (Phi) is 5.66. The van der Waals surface area contributed by atoms with Gasteiger partial charge in [0.15, 0.2) is 0 Å². The van der Waals surface area contributed by atoms with Gasteiger partial charge in [-0.2, -0.15) is 0 Å². The quantitative estimate of drug-likeness (QED) is 0.647.